The number of anilines is 4. The minimum atomic E-state index is -0.144. The number of aromatic nitrogens is 2. The van der Waals surface area contributed by atoms with E-state index in [1.54, 1.807) is 0 Å². The van der Waals surface area contributed by atoms with Crippen LogP contribution in [-0.2, 0) is 51.7 Å². The topological polar surface area (TPSA) is 14.2 Å². The van der Waals surface area contributed by atoms with E-state index in [2.05, 4.69) is 273 Å². The molecule has 0 aliphatic carbocycles. The Morgan fingerprint density at radius 1 is 0.421 bits per heavy atom. The first-order valence-corrected chi connectivity index (χ1v) is 25.0. The molecule has 4 heterocycles. The van der Waals surface area contributed by atoms with E-state index in [0.29, 0.717) is 0 Å². The predicted octanol–water partition coefficient (Wildman–Crippen LogP) is 17.8. The van der Waals surface area contributed by atoms with E-state index < -0.39 is 0 Å². The number of hydrogen-bond acceptors (Lipinski definition) is 2. The third-order valence-electron chi connectivity index (χ3n) is 13.6. The second-order valence-corrected chi connectivity index (χ2v) is 18.8. The van der Waals surface area contributed by atoms with Crippen LogP contribution in [0.5, 0.6) is 0 Å². The Labute approximate surface area is 474 Å². The van der Waals surface area contributed by atoms with E-state index in [1.165, 1.54) is 77.9 Å². The van der Waals surface area contributed by atoms with Crippen LogP contribution >= 0.6 is 0 Å². The fourth-order valence-corrected chi connectivity index (χ4v) is 10.2. The van der Waals surface area contributed by atoms with Gasteiger partial charge in [0.15, 0.2) is 0 Å². The summed E-state index contributed by atoms with van der Waals surface area (Å²) in [6.07, 6.45) is 13.3. The number of hydrogen-bond donors (Lipinski definition) is 0. The number of pyridine rings is 2. The Morgan fingerprint density at radius 2 is 0.711 bits per heavy atom. The number of nitrogens with zero attached hydrogens (tertiary/aromatic N) is 4. The van der Waals surface area contributed by atoms with Gasteiger partial charge in [-0.05, 0) is 144 Å². The molecular formula is C68H78N4Re2Rf2-2. The monoisotopic (exact) mass is 1860 g/mol. The van der Waals surface area contributed by atoms with Gasteiger partial charge >= 0.3 is 0 Å². The number of benzene rings is 6. The second kappa shape index (κ2) is 27.9. The molecule has 0 saturated carbocycles. The standard InChI is InChI=1S/2C31H30N2.2C2H6.2CH3.2Re.2Rf/c2*1-22-20-24(21-23(2)32(22)5)12-11-17-29-31(3,4)30-27-16-10-9-13-25(27)18-19-28(30)33(29)26-14-7-6-8-15-26;2*1-2;;;;;;/h2*6-21H,5H2,1-4H3;2*1-2H3;2*1H3;;;;/q;;;;2*-1;;;;. The molecule has 6 aromatic carbocycles. The molecule has 10 rings (SSSR count). The fraction of sp³-hybridized carbons (Fsp3) is 0.206. The van der Waals surface area contributed by atoms with Crippen molar-refractivity contribution in [1.82, 2.24) is 0 Å². The molecule has 2 aliphatic rings. The van der Waals surface area contributed by atoms with E-state index in [1.807, 2.05) is 36.8 Å². The number of fused-ring (bicyclic) bond motifs is 6. The molecule has 0 fully saturated rings. The van der Waals surface area contributed by atoms with Crippen molar-refractivity contribution in [2.45, 2.75) is 93.9 Å². The maximum Gasteiger partial charge on any atom is 0.0793 e. The minimum Gasteiger partial charge on any atom is -0.358 e. The summed E-state index contributed by atoms with van der Waals surface area (Å²) in [5.74, 6) is 0. The van der Waals surface area contributed by atoms with Gasteiger partial charge < -0.3 is 33.8 Å². The third-order valence-corrected chi connectivity index (χ3v) is 13.6. The Balaban J connectivity index is 0.000000664. The van der Waals surface area contributed by atoms with Gasteiger partial charge in [0.05, 0.1) is 34.2 Å². The van der Waals surface area contributed by atoms with Crippen LogP contribution in [0.15, 0.2) is 193 Å². The van der Waals surface area contributed by atoms with Gasteiger partial charge in [-0.25, -0.2) is 0 Å². The third kappa shape index (κ3) is 12.6. The SMILES string of the molecule is CC.CC.[CH2-][n+]1c(C)cc(C=CC=C2N(c3ccccc3)c3ccc4ccccc4c3C2(C)C)cc1C.[CH2-][n+]1c(C)cc(C=CC=C2N(c3ccccc3)c3ccc4ccccc4c3C2(C)C)cc1C.[CH3-].[CH3-].[Re].[Re].[Rf].[Rf]. The van der Waals surface area contributed by atoms with Gasteiger partial charge in [0.25, 0.3) is 0 Å². The quantitative estimate of drug-likeness (QED) is 0.122. The predicted molar refractivity (Wildman–Crippen MR) is 315 cm³/mol. The van der Waals surface area contributed by atoms with Gasteiger partial charge in [-0.3, -0.25) is 0 Å². The summed E-state index contributed by atoms with van der Waals surface area (Å²) in [4.78, 5) is 4.83. The molecule has 8 heteroatoms. The first-order valence-electron chi connectivity index (χ1n) is 25.0. The van der Waals surface area contributed by atoms with Crippen molar-refractivity contribution in [1.29, 1.82) is 0 Å². The normalized spacial score (nSPS) is 14.2. The number of aryl methyl sites for hydroxylation is 4. The van der Waals surface area contributed by atoms with Crippen molar-refractivity contribution in [3.05, 3.63) is 267 Å². The van der Waals surface area contributed by atoms with Crippen molar-refractivity contribution in [2.75, 3.05) is 9.80 Å². The smallest absolute Gasteiger partial charge is 0.0793 e. The van der Waals surface area contributed by atoms with Crippen LogP contribution in [0.4, 0.5) is 22.7 Å². The van der Waals surface area contributed by atoms with Crippen LogP contribution in [0.25, 0.3) is 33.7 Å². The molecule has 2 aliphatic heterocycles. The molecule has 0 amide bonds. The van der Waals surface area contributed by atoms with Crippen LogP contribution < -0.4 is 18.9 Å². The van der Waals surface area contributed by atoms with Gasteiger partial charge in [-0.15, -0.1) is 0 Å². The zero-order valence-corrected chi connectivity index (χ0v) is 66.1. The van der Waals surface area contributed by atoms with Gasteiger partial charge in [0.2, 0.25) is 0 Å². The first-order chi connectivity index (χ1) is 33.8. The minimum absolute atomic E-state index is 0. The molecule has 0 N–H and O–H groups in total. The maximum atomic E-state index is 4.09. The van der Waals surface area contributed by atoms with Crippen LogP contribution in [0, 0.1) is 56.6 Å². The Kier molecular flexibility index (Phi) is 24.1. The Bertz CT molecular complexity index is 3020. The first kappa shape index (κ1) is 65.8. The van der Waals surface area contributed by atoms with Crippen LogP contribution in [0.1, 0.15) is 100 Å². The van der Waals surface area contributed by atoms with Crippen molar-refractivity contribution >= 4 is 56.4 Å². The Hall–Kier alpha value is -8.24. The van der Waals surface area contributed by atoms with Gasteiger partial charge in [0, 0.05) is 88.5 Å². The summed E-state index contributed by atoms with van der Waals surface area (Å²) in [7, 11) is 8.18. The molecule has 0 spiro atoms. The van der Waals surface area contributed by atoms with Crippen LogP contribution in [-0.4, -0.2) is 0 Å². The molecule has 2 radical (unpaired) electrons. The summed E-state index contributed by atoms with van der Waals surface area (Å²) >= 11 is 0. The zero-order chi connectivity index (χ0) is 50.3. The van der Waals surface area contributed by atoms with E-state index in [9.17, 15) is 0 Å². The fourth-order valence-electron chi connectivity index (χ4n) is 10.2. The van der Waals surface area contributed by atoms with E-state index in [-0.39, 0.29) is 66.5 Å². The van der Waals surface area contributed by atoms with Crippen molar-refractivity contribution in [3.63, 3.8) is 0 Å². The molecule has 0 atom stereocenters. The molecule has 0 saturated heterocycles. The summed E-state index contributed by atoms with van der Waals surface area (Å²) in [6.45, 7) is 25.7. The van der Waals surface area contributed by atoms with Gasteiger partial charge in [-0.1, -0.05) is 177 Å². The van der Waals surface area contributed by atoms with Crippen molar-refractivity contribution < 1.29 is 50.0 Å². The number of para-hydroxylation sites is 2. The molecule has 2 aromatic heterocycles. The summed E-state index contributed by atoms with van der Waals surface area (Å²) < 4.78 is 3.93. The van der Waals surface area contributed by atoms with E-state index >= 15 is 0 Å². The van der Waals surface area contributed by atoms with E-state index in [0.717, 1.165) is 22.8 Å². The largest absolute Gasteiger partial charge is 0.358 e. The van der Waals surface area contributed by atoms with E-state index in [4.69, 9.17) is 0 Å². The molecule has 0 bridgehead atoms. The molecule has 390 valence electrons. The van der Waals surface area contributed by atoms with Crippen LogP contribution in [0.3, 0.4) is 0 Å². The van der Waals surface area contributed by atoms with Crippen molar-refractivity contribution in [2.24, 2.45) is 0 Å². The molecule has 4 nitrogen and oxygen atoms in total. The number of allylic oxidation sites excluding steroid dienone is 6. The van der Waals surface area contributed by atoms with Crippen LogP contribution in [0.2, 0.25) is 0 Å². The second-order valence-electron chi connectivity index (χ2n) is 18.8. The molecule has 8 aromatic rings. The average Bonchev–Trinajstić information content (AvgIpc) is 3.75. The van der Waals surface area contributed by atoms with Crippen molar-refractivity contribution in [3.8, 4) is 0 Å². The zero-order valence-electron chi connectivity index (χ0n) is 47.8. The molecular weight excluding hydrogens is 1780 g/mol. The maximum absolute atomic E-state index is 4.09. The summed E-state index contributed by atoms with van der Waals surface area (Å²) in [5.41, 5.74) is 16.9. The Morgan fingerprint density at radius 3 is 1.03 bits per heavy atom. The number of rotatable bonds is 6. The van der Waals surface area contributed by atoms with Gasteiger partial charge in [-0.2, -0.15) is 0 Å². The van der Waals surface area contributed by atoms with Gasteiger partial charge in [0.1, 0.15) is 0 Å². The molecule has 0 unspecified atom stereocenters. The summed E-state index contributed by atoms with van der Waals surface area (Å²) in [5, 5.41) is 5.21. The molecule has 76 heavy (non-hydrogen) atoms. The summed E-state index contributed by atoms with van der Waals surface area (Å²) in [6, 6.07) is 56.5. The average molecular weight is 1860 g/mol.